The lowest BCUT2D eigenvalue weighted by Crippen LogP contribution is -1.94. The monoisotopic (exact) mass is 149 g/mol. The van der Waals surface area contributed by atoms with Gasteiger partial charge in [0.2, 0.25) is 0 Å². The number of imidazole rings is 1. The van der Waals surface area contributed by atoms with E-state index in [1.54, 1.807) is 23.3 Å². The fourth-order valence-electron chi connectivity index (χ4n) is 0.686. The van der Waals surface area contributed by atoms with Gasteiger partial charge < -0.3 is 4.57 Å². The molecule has 0 aromatic carbocycles. The predicted octanol–water partition coefficient (Wildman–Crippen LogP) is 1.71. The second kappa shape index (κ2) is 3.43. The zero-order valence-electron chi connectivity index (χ0n) is 5.88. The summed E-state index contributed by atoms with van der Waals surface area (Å²) >= 11 is 0. The van der Waals surface area contributed by atoms with Crippen LogP contribution in [0.25, 0.3) is 10.4 Å². The summed E-state index contributed by atoms with van der Waals surface area (Å²) in [5.41, 5.74) is 8.52. The average Bonchev–Trinajstić information content (AvgIpc) is 2.40. The molecule has 0 atom stereocenters. The SMILES string of the molecule is C=C(Cn1ccnc1)N=[N+]=[N-]. The molecule has 5 heteroatoms. The lowest BCUT2D eigenvalue weighted by molar-refractivity contribution is 0.775. The molecule has 1 heterocycles. The van der Waals surface area contributed by atoms with Gasteiger partial charge in [0.1, 0.15) is 0 Å². The molecule has 0 radical (unpaired) electrons. The van der Waals surface area contributed by atoms with Crippen LogP contribution in [0.4, 0.5) is 0 Å². The largest absolute Gasteiger partial charge is 0.333 e. The number of hydrogen-bond acceptors (Lipinski definition) is 2. The van der Waals surface area contributed by atoms with Crippen molar-refractivity contribution in [1.82, 2.24) is 9.55 Å². The highest BCUT2D eigenvalue weighted by Gasteiger charge is 1.90. The van der Waals surface area contributed by atoms with Crippen LogP contribution in [0.5, 0.6) is 0 Å². The predicted molar refractivity (Wildman–Crippen MR) is 40.5 cm³/mol. The molecule has 11 heavy (non-hydrogen) atoms. The van der Waals surface area contributed by atoms with Crippen LogP contribution < -0.4 is 0 Å². The van der Waals surface area contributed by atoms with Gasteiger partial charge >= 0.3 is 0 Å². The number of rotatable bonds is 3. The molecule has 0 fully saturated rings. The first-order chi connectivity index (χ1) is 5.33. The number of aromatic nitrogens is 2. The van der Waals surface area contributed by atoms with Crippen LogP contribution in [0.2, 0.25) is 0 Å². The Morgan fingerprint density at radius 2 is 2.64 bits per heavy atom. The summed E-state index contributed by atoms with van der Waals surface area (Å²) in [6.45, 7) is 4.04. The molecule has 0 saturated carbocycles. The van der Waals surface area contributed by atoms with Crippen molar-refractivity contribution in [3.05, 3.63) is 41.4 Å². The Morgan fingerprint density at radius 1 is 1.82 bits per heavy atom. The fourth-order valence-corrected chi connectivity index (χ4v) is 0.686. The van der Waals surface area contributed by atoms with E-state index >= 15 is 0 Å². The molecule has 5 nitrogen and oxygen atoms in total. The Morgan fingerprint density at radius 3 is 3.18 bits per heavy atom. The maximum Gasteiger partial charge on any atom is 0.0948 e. The van der Waals surface area contributed by atoms with Gasteiger partial charge in [0.15, 0.2) is 0 Å². The van der Waals surface area contributed by atoms with Crippen molar-refractivity contribution in [2.45, 2.75) is 6.54 Å². The van der Waals surface area contributed by atoms with Crippen molar-refractivity contribution in [3.63, 3.8) is 0 Å². The zero-order chi connectivity index (χ0) is 8.10. The molecule has 0 amide bonds. The second-order valence-electron chi connectivity index (χ2n) is 1.99. The van der Waals surface area contributed by atoms with Gasteiger partial charge in [0.25, 0.3) is 0 Å². The standard InChI is InChI=1S/C6H7N5/c1-6(9-10-7)4-11-3-2-8-5-11/h2-3,5H,1,4H2. The topological polar surface area (TPSA) is 66.6 Å². The van der Waals surface area contributed by atoms with Gasteiger partial charge in [-0.15, -0.1) is 0 Å². The Bertz CT molecular complexity index is 280. The summed E-state index contributed by atoms with van der Waals surface area (Å²) in [5, 5.41) is 3.34. The summed E-state index contributed by atoms with van der Waals surface area (Å²) < 4.78 is 1.77. The molecular weight excluding hydrogens is 142 g/mol. The van der Waals surface area contributed by atoms with E-state index in [0.29, 0.717) is 12.2 Å². The highest BCUT2D eigenvalue weighted by Crippen LogP contribution is 1.97. The van der Waals surface area contributed by atoms with Gasteiger partial charge in [-0.05, 0) is 5.53 Å². The maximum atomic E-state index is 8.04. The van der Waals surface area contributed by atoms with Gasteiger partial charge in [0, 0.05) is 23.0 Å². The van der Waals surface area contributed by atoms with Crippen LogP contribution in [-0.4, -0.2) is 9.55 Å². The van der Waals surface area contributed by atoms with Crippen LogP contribution in [0, 0.1) is 0 Å². The first-order valence-corrected chi connectivity index (χ1v) is 3.01. The Hall–Kier alpha value is -1.74. The minimum atomic E-state index is 0.477. The fraction of sp³-hybridized carbons (Fsp3) is 0.167. The van der Waals surface area contributed by atoms with E-state index in [1.165, 1.54) is 0 Å². The molecule has 0 unspecified atom stereocenters. The van der Waals surface area contributed by atoms with E-state index in [1.807, 2.05) is 0 Å². The number of nitrogens with zero attached hydrogens (tertiary/aromatic N) is 5. The van der Waals surface area contributed by atoms with Gasteiger partial charge in [0.05, 0.1) is 12.9 Å². The van der Waals surface area contributed by atoms with E-state index in [-0.39, 0.29) is 0 Å². The van der Waals surface area contributed by atoms with Crippen molar-refractivity contribution in [2.24, 2.45) is 5.11 Å². The smallest absolute Gasteiger partial charge is 0.0948 e. The first-order valence-electron chi connectivity index (χ1n) is 3.01. The number of azide groups is 1. The number of hydrogen-bond donors (Lipinski definition) is 0. The number of allylic oxidation sites excluding steroid dienone is 1. The third-order valence-electron chi connectivity index (χ3n) is 1.11. The van der Waals surface area contributed by atoms with Crippen LogP contribution in [0.3, 0.4) is 0 Å². The summed E-state index contributed by atoms with van der Waals surface area (Å²) in [6, 6.07) is 0. The highest BCUT2D eigenvalue weighted by molar-refractivity contribution is 4.93. The summed E-state index contributed by atoms with van der Waals surface area (Å²) in [6.07, 6.45) is 5.07. The van der Waals surface area contributed by atoms with Crippen LogP contribution in [0.1, 0.15) is 0 Å². The second-order valence-corrected chi connectivity index (χ2v) is 1.99. The molecule has 0 aliphatic carbocycles. The third kappa shape index (κ3) is 2.15. The van der Waals surface area contributed by atoms with Gasteiger partial charge in [-0.3, -0.25) is 0 Å². The zero-order valence-corrected chi connectivity index (χ0v) is 5.88. The van der Waals surface area contributed by atoms with Crippen molar-refractivity contribution in [1.29, 1.82) is 0 Å². The molecule has 0 saturated heterocycles. The van der Waals surface area contributed by atoms with E-state index in [9.17, 15) is 0 Å². The van der Waals surface area contributed by atoms with Gasteiger partial charge in [-0.25, -0.2) is 4.98 Å². The normalized spacial score (nSPS) is 8.73. The summed E-state index contributed by atoms with van der Waals surface area (Å²) in [4.78, 5) is 6.43. The van der Waals surface area contributed by atoms with Gasteiger partial charge in [-0.1, -0.05) is 11.7 Å². The lowest BCUT2D eigenvalue weighted by Gasteiger charge is -1.97. The Kier molecular flexibility index (Phi) is 2.30. The van der Waals surface area contributed by atoms with Crippen molar-refractivity contribution in [2.75, 3.05) is 0 Å². The average molecular weight is 149 g/mol. The lowest BCUT2D eigenvalue weighted by atomic mass is 10.5. The van der Waals surface area contributed by atoms with Crippen molar-refractivity contribution >= 4 is 0 Å². The Balaban J connectivity index is 2.57. The molecule has 0 aliphatic heterocycles. The van der Waals surface area contributed by atoms with Crippen LogP contribution >= 0.6 is 0 Å². The minimum absolute atomic E-state index is 0.477. The summed E-state index contributed by atoms with van der Waals surface area (Å²) in [7, 11) is 0. The molecule has 0 bridgehead atoms. The Labute approximate surface area is 63.6 Å². The molecule has 56 valence electrons. The molecular formula is C6H7N5. The quantitative estimate of drug-likeness (QED) is 0.366. The van der Waals surface area contributed by atoms with Crippen LogP contribution in [-0.2, 0) is 6.54 Å². The maximum absolute atomic E-state index is 8.04. The third-order valence-corrected chi connectivity index (χ3v) is 1.11. The molecule has 0 spiro atoms. The van der Waals surface area contributed by atoms with E-state index in [4.69, 9.17) is 5.53 Å². The highest BCUT2D eigenvalue weighted by atomic mass is 15.2. The first kappa shape index (κ1) is 7.37. The molecule has 0 aliphatic rings. The van der Waals surface area contributed by atoms with Crippen molar-refractivity contribution < 1.29 is 0 Å². The summed E-state index contributed by atoms with van der Waals surface area (Å²) in [5.74, 6) is 0. The van der Waals surface area contributed by atoms with E-state index < -0.39 is 0 Å². The van der Waals surface area contributed by atoms with Crippen molar-refractivity contribution in [3.8, 4) is 0 Å². The van der Waals surface area contributed by atoms with Crippen LogP contribution in [0.15, 0.2) is 36.1 Å². The minimum Gasteiger partial charge on any atom is -0.333 e. The molecule has 1 aromatic heterocycles. The van der Waals surface area contributed by atoms with E-state index in [0.717, 1.165) is 0 Å². The molecule has 1 aromatic rings. The molecule has 1 rings (SSSR count). The van der Waals surface area contributed by atoms with Gasteiger partial charge in [-0.2, -0.15) is 0 Å². The van der Waals surface area contributed by atoms with E-state index in [2.05, 4.69) is 21.6 Å². The molecule has 0 N–H and O–H groups in total.